The van der Waals surface area contributed by atoms with Crippen LogP contribution in [-0.2, 0) is 0 Å². The first-order chi connectivity index (χ1) is 7.24. The summed E-state index contributed by atoms with van der Waals surface area (Å²) >= 11 is 6.00. The molecule has 0 radical (unpaired) electrons. The molecule has 0 amide bonds. The van der Waals surface area contributed by atoms with Crippen molar-refractivity contribution in [3.05, 3.63) is 39.6 Å². The van der Waals surface area contributed by atoms with Crippen LogP contribution in [0, 0.1) is 0 Å². The van der Waals surface area contributed by atoms with Gasteiger partial charge >= 0.3 is 0 Å². The molecule has 4 N–H and O–H groups in total. The Kier molecular flexibility index (Phi) is 2.59. The third-order valence-electron chi connectivity index (χ3n) is 2.00. The average molecular weight is 226 g/mol. The Bertz CT molecular complexity index is 553. The van der Waals surface area contributed by atoms with Gasteiger partial charge in [0.1, 0.15) is 5.02 Å². The molecule has 2 rings (SSSR count). The van der Waals surface area contributed by atoms with Gasteiger partial charge in [0.2, 0.25) is 5.88 Å². The molecule has 0 aliphatic carbocycles. The molecule has 6 heteroatoms. The third kappa shape index (κ3) is 1.68. The van der Waals surface area contributed by atoms with Crippen LogP contribution in [0.4, 0.5) is 0 Å². The van der Waals surface area contributed by atoms with Crippen molar-refractivity contribution in [2.24, 2.45) is 5.84 Å². The van der Waals surface area contributed by atoms with Crippen molar-refractivity contribution < 1.29 is 4.84 Å². The Balaban J connectivity index is 2.79. The lowest BCUT2D eigenvalue weighted by Crippen LogP contribution is -2.27. The highest BCUT2D eigenvalue weighted by molar-refractivity contribution is 6.36. The van der Waals surface area contributed by atoms with Crippen LogP contribution in [0.2, 0.25) is 5.02 Å². The molecular formula is C9H8ClN3O2. The van der Waals surface area contributed by atoms with E-state index < -0.39 is 0 Å². The zero-order valence-electron chi connectivity index (χ0n) is 7.58. The van der Waals surface area contributed by atoms with Crippen LogP contribution in [0.3, 0.4) is 0 Å². The molecule has 0 atom stereocenters. The molecule has 1 aromatic carbocycles. The molecule has 0 bridgehead atoms. The first-order valence-electron chi connectivity index (χ1n) is 4.17. The number of hydrazine groups is 1. The maximum atomic E-state index is 11.6. The smallest absolute Gasteiger partial charge is 0.258 e. The fourth-order valence-electron chi connectivity index (χ4n) is 1.35. The molecule has 0 unspecified atom stereocenters. The fraction of sp³-hybridized carbons (Fsp3) is 0. The molecule has 2 aromatic rings. The molecule has 5 nitrogen and oxygen atoms in total. The fourth-order valence-corrected chi connectivity index (χ4v) is 1.60. The number of rotatable bonds is 2. The van der Waals surface area contributed by atoms with Crippen molar-refractivity contribution in [1.29, 1.82) is 0 Å². The average Bonchev–Trinajstić information content (AvgIpc) is 2.26. The van der Waals surface area contributed by atoms with Crippen LogP contribution < -0.4 is 21.8 Å². The van der Waals surface area contributed by atoms with E-state index in [1.165, 1.54) is 0 Å². The van der Waals surface area contributed by atoms with E-state index in [2.05, 4.69) is 4.98 Å². The third-order valence-corrected chi connectivity index (χ3v) is 2.37. The number of benzene rings is 1. The molecule has 15 heavy (non-hydrogen) atoms. The topological polar surface area (TPSA) is 80.1 Å². The number of fused-ring (bicyclic) bond motifs is 1. The van der Waals surface area contributed by atoms with Crippen molar-refractivity contribution in [3.63, 3.8) is 0 Å². The van der Waals surface area contributed by atoms with Crippen molar-refractivity contribution in [3.8, 4) is 5.88 Å². The van der Waals surface area contributed by atoms with Gasteiger partial charge < -0.3 is 4.84 Å². The number of aromatic amines is 1. The van der Waals surface area contributed by atoms with Crippen molar-refractivity contribution in [2.75, 3.05) is 0 Å². The van der Waals surface area contributed by atoms with Gasteiger partial charge in [-0.3, -0.25) is 9.78 Å². The lowest BCUT2D eigenvalue weighted by Gasteiger charge is -2.06. The molecule has 0 aliphatic heterocycles. The van der Waals surface area contributed by atoms with E-state index in [0.717, 1.165) is 0 Å². The van der Waals surface area contributed by atoms with Gasteiger partial charge in [-0.1, -0.05) is 35.4 Å². The Morgan fingerprint density at radius 1 is 1.33 bits per heavy atom. The zero-order chi connectivity index (χ0) is 10.8. The summed E-state index contributed by atoms with van der Waals surface area (Å²) in [5.41, 5.74) is 1.68. The summed E-state index contributed by atoms with van der Waals surface area (Å²) in [7, 11) is 0. The Morgan fingerprint density at radius 3 is 2.67 bits per heavy atom. The van der Waals surface area contributed by atoms with Crippen LogP contribution in [0.15, 0.2) is 29.1 Å². The predicted octanol–water partition coefficient (Wildman–Crippen LogP) is 0.939. The van der Waals surface area contributed by atoms with Gasteiger partial charge in [0.05, 0.1) is 0 Å². The molecule has 0 aliphatic rings. The van der Waals surface area contributed by atoms with E-state index in [-0.39, 0.29) is 11.4 Å². The maximum absolute atomic E-state index is 11.6. The predicted molar refractivity (Wildman–Crippen MR) is 57.5 cm³/mol. The number of pyridine rings is 1. The minimum absolute atomic E-state index is 0.0999. The Hall–Kier alpha value is -1.56. The molecule has 1 heterocycles. The van der Waals surface area contributed by atoms with Gasteiger partial charge in [0.15, 0.2) is 0 Å². The SMILES string of the molecule is NNOc1[nH]c(=O)c2ccccc2c1Cl. The van der Waals surface area contributed by atoms with E-state index in [4.69, 9.17) is 22.3 Å². The van der Waals surface area contributed by atoms with Crippen LogP contribution in [0.1, 0.15) is 0 Å². The van der Waals surface area contributed by atoms with E-state index >= 15 is 0 Å². The molecular weight excluding hydrogens is 218 g/mol. The second kappa shape index (κ2) is 3.90. The van der Waals surface area contributed by atoms with Crippen LogP contribution in [-0.4, -0.2) is 4.98 Å². The summed E-state index contributed by atoms with van der Waals surface area (Å²) in [4.78, 5) is 18.8. The van der Waals surface area contributed by atoms with E-state index in [0.29, 0.717) is 15.8 Å². The number of halogens is 1. The quantitative estimate of drug-likeness (QED) is 0.525. The highest BCUT2D eigenvalue weighted by Crippen LogP contribution is 2.27. The number of H-pyrrole nitrogens is 1. The molecule has 0 spiro atoms. The lowest BCUT2D eigenvalue weighted by atomic mass is 10.2. The minimum atomic E-state index is -0.278. The summed E-state index contributed by atoms with van der Waals surface area (Å²) in [5.74, 6) is 5.07. The van der Waals surface area contributed by atoms with Gasteiger partial charge in [0, 0.05) is 10.8 Å². The number of hydrogen-bond donors (Lipinski definition) is 3. The summed E-state index contributed by atoms with van der Waals surface area (Å²) in [6.07, 6.45) is 0. The Labute approximate surface area is 89.7 Å². The van der Waals surface area contributed by atoms with Crippen molar-refractivity contribution >= 4 is 22.4 Å². The van der Waals surface area contributed by atoms with E-state index in [9.17, 15) is 4.79 Å². The molecule has 1 aromatic heterocycles. The number of nitrogens with one attached hydrogen (secondary N) is 2. The standard InChI is InChI=1S/C9H8ClN3O2/c10-7-5-3-1-2-4-6(5)8(14)12-9(7)15-13-11/h1-4,13H,11H2,(H,12,14). The normalized spacial score (nSPS) is 10.5. The van der Waals surface area contributed by atoms with Gasteiger partial charge in [-0.05, 0) is 6.07 Å². The maximum Gasteiger partial charge on any atom is 0.258 e. The first kappa shape index (κ1) is 9.97. The minimum Gasteiger partial charge on any atom is -0.374 e. The summed E-state index contributed by atoms with van der Waals surface area (Å²) in [6.45, 7) is 0. The summed E-state index contributed by atoms with van der Waals surface area (Å²) in [6, 6.07) is 6.96. The van der Waals surface area contributed by atoms with Gasteiger partial charge in [-0.25, -0.2) is 5.84 Å². The highest BCUT2D eigenvalue weighted by atomic mass is 35.5. The second-order valence-electron chi connectivity index (χ2n) is 2.86. The largest absolute Gasteiger partial charge is 0.374 e. The van der Waals surface area contributed by atoms with Crippen molar-refractivity contribution in [1.82, 2.24) is 10.6 Å². The van der Waals surface area contributed by atoms with Crippen LogP contribution >= 0.6 is 11.6 Å². The van der Waals surface area contributed by atoms with Gasteiger partial charge in [-0.2, -0.15) is 0 Å². The van der Waals surface area contributed by atoms with E-state index in [1.807, 2.05) is 5.59 Å². The van der Waals surface area contributed by atoms with E-state index in [1.54, 1.807) is 24.3 Å². The lowest BCUT2D eigenvalue weighted by molar-refractivity contribution is 0.190. The number of aromatic nitrogens is 1. The Morgan fingerprint density at radius 2 is 2.00 bits per heavy atom. The van der Waals surface area contributed by atoms with Crippen LogP contribution in [0.5, 0.6) is 5.88 Å². The number of nitrogens with two attached hydrogens (primary N) is 1. The first-order valence-corrected chi connectivity index (χ1v) is 4.55. The van der Waals surface area contributed by atoms with Crippen molar-refractivity contribution in [2.45, 2.75) is 0 Å². The monoisotopic (exact) mass is 225 g/mol. The van der Waals surface area contributed by atoms with Gasteiger partial charge in [-0.15, -0.1) is 0 Å². The second-order valence-corrected chi connectivity index (χ2v) is 3.24. The summed E-state index contributed by atoms with van der Waals surface area (Å²) in [5, 5.41) is 1.43. The number of hydrogen-bond acceptors (Lipinski definition) is 4. The van der Waals surface area contributed by atoms with Gasteiger partial charge in [0.25, 0.3) is 5.56 Å². The molecule has 0 saturated heterocycles. The molecule has 0 fully saturated rings. The molecule has 78 valence electrons. The zero-order valence-corrected chi connectivity index (χ0v) is 8.34. The molecule has 0 saturated carbocycles. The van der Waals surface area contributed by atoms with Crippen LogP contribution in [0.25, 0.3) is 10.8 Å². The highest BCUT2D eigenvalue weighted by Gasteiger charge is 2.09. The summed E-state index contributed by atoms with van der Waals surface area (Å²) < 4.78 is 0.